The van der Waals surface area contributed by atoms with E-state index in [-0.39, 0.29) is 0 Å². The summed E-state index contributed by atoms with van der Waals surface area (Å²) in [6.45, 7) is 0. The van der Waals surface area contributed by atoms with Gasteiger partial charge in [-0.25, -0.2) is 0 Å². The van der Waals surface area contributed by atoms with E-state index in [1.807, 2.05) is 11.8 Å². The van der Waals surface area contributed by atoms with Crippen LogP contribution in [0.5, 0.6) is 11.5 Å². The first-order valence-electron chi connectivity index (χ1n) is 22.4. The molecule has 304 valence electrons. The van der Waals surface area contributed by atoms with Gasteiger partial charge in [0.05, 0.1) is 22.2 Å². The van der Waals surface area contributed by atoms with Gasteiger partial charge in [-0.1, -0.05) is 200 Å². The quantitative estimate of drug-likeness (QED) is 0.175. The van der Waals surface area contributed by atoms with Crippen molar-refractivity contribution in [1.29, 1.82) is 0 Å². The number of rotatable bonds is 4. The molecular formula is C62H39NOS. The molecule has 0 fully saturated rings. The molecule has 3 heteroatoms. The first-order chi connectivity index (χ1) is 32.3. The molecule has 0 unspecified atom stereocenters. The molecule has 0 N–H and O–H groups in total. The monoisotopic (exact) mass is 845 g/mol. The Labute approximate surface area is 383 Å². The molecule has 0 saturated heterocycles. The van der Waals surface area contributed by atoms with Crippen molar-refractivity contribution in [1.82, 2.24) is 0 Å². The highest BCUT2D eigenvalue weighted by Crippen LogP contribution is 2.66. The van der Waals surface area contributed by atoms with Crippen molar-refractivity contribution in [3.8, 4) is 44.9 Å². The summed E-state index contributed by atoms with van der Waals surface area (Å²) in [6, 6.07) is 87.6. The summed E-state index contributed by atoms with van der Waals surface area (Å²) in [5.41, 5.74) is 19.7. The summed E-state index contributed by atoms with van der Waals surface area (Å²) in [4.78, 5) is 5.15. The Kier molecular flexibility index (Phi) is 7.79. The van der Waals surface area contributed by atoms with Gasteiger partial charge in [-0.15, -0.1) is 0 Å². The van der Waals surface area contributed by atoms with E-state index in [4.69, 9.17) is 4.74 Å². The molecule has 4 aliphatic rings. The Bertz CT molecular complexity index is 3500. The molecule has 0 bridgehead atoms. The molecule has 14 rings (SSSR count). The zero-order valence-electron chi connectivity index (χ0n) is 35.3. The summed E-state index contributed by atoms with van der Waals surface area (Å²) in [5.74, 6) is 1.78. The fourth-order valence-corrected chi connectivity index (χ4v) is 13.2. The van der Waals surface area contributed by atoms with E-state index in [0.717, 1.165) is 45.3 Å². The first kappa shape index (κ1) is 36.6. The lowest BCUT2D eigenvalue weighted by molar-refractivity contribution is 0.436. The van der Waals surface area contributed by atoms with Crippen molar-refractivity contribution in [2.45, 2.75) is 20.6 Å². The molecule has 2 aliphatic carbocycles. The normalized spacial score (nSPS) is 14.5. The molecule has 2 spiro atoms. The predicted molar refractivity (Wildman–Crippen MR) is 265 cm³/mol. The highest BCUT2D eigenvalue weighted by atomic mass is 32.2. The van der Waals surface area contributed by atoms with Crippen LogP contribution >= 0.6 is 11.8 Å². The second kappa shape index (κ2) is 13.8. The summed E-state index contributed by atoms with van der Waals surface area (Å²) >= 11 is 1.88. The largest absolute Gasteiger partial charge is 0.457 e. The average molecular weight is 846 g/mol. The fraction of sp³-hybridized carbons (Fsp3) is 0.0323. The van der Waals surface area contributed by atoms with Crippen LogP contribution in [0, 0.1) is 0 Å². The van der Waals surface area contributed by atoms with Crippen molar-refractivity contribution in [2.24, 2.45) is 0 Å². The van der Waals surface area contributed by atoms with Crippen LogP contribution in [0.1, 0.15) is 44.5 Å². The minimum absolute atomic E-state index is 0.510. The molecule has 0 saturated carbocycles. The minimum Gasteiger partial charge on any atom is -0.457 e. The van der Waals surface area contributed by atoms with Gasteiger partial charge in [0, 0.05) is 37.7 Å². The van der Waals surface area contributed by atoms with E-state index in [1.165, 1.54) is 71.0 Å². The van der Waals surface area contributed by atoms with Gasteiger partial charge in [0.15, 0.2) is 0 Å². The van der Waals surface area contributed by atoms with Gasteiger partial charge in [-0.2, -0.15) is 0 Å². The molecule has 0 aromatic heterocycles. The van der Waals surface area contributed by atoms with Crippen molar-refractivity contribution in [3.63, 3.8) is 0 Å². The van der Waals surface area contributed by atoms with E-state index in [1.54, 1.807) is 0 Å². The number of para-hydroxylation sites is 3. The Morgan fingerprint density at radius 1 is 0.323 bits per heavy atom. The summed E-state index contributed by atoms with van der Waals surface area (Å²) in [5, 5.41) is 0. The zero-order valence-corrected chi connectivity index (χ0v) is 36.1. The first-order valence-corrected chi connectivity index (χ1v) is 23.2. The molecule has 65 heavy (non-hydrogen) atoms. The Morgan fingerprint density at radius 2 is 0.800 bits per heavy atom. The smallest absolute Gasteiger partial charge is 0.132 e. The van der Waals surface area contributed by atoms with Crippen molar-refractivity contribution in [2.75, 3.05) is 4.90 Å². The number of hydrogen-bond acceptors (Lipinski definition) is 3. The maximum Gasteiger partial charge on any atom is 0.132 e. The SMILES string of the molecule is c1ccc(-c2ccccc2N(c2ccc3c(c2)C2(c4ccccc4Oc4ccccc42)c2ccccc2-3)c2cccc3c2-c2ccccc2C32c3ccccc3Sc3ccccc32)cc1. The van der Waals surface area contributed by atoms with Crippen LogP contribution in [-0.2, 0) is 10.8 Å². The molecule has 0 amide bonds. The van der Waals surface area contributed by atoms with Gasteiger partial charge in [0.2, 0.25) is 0 Å². The highest BCUT2D eigenvalue weighted by molar-refractivity contribution is 7.99. The topological polar surface area (TPSA) is 12.5 Å². The van der Waals surface area contributed by atoms with Crippen molar-refractivity contribution < 1.29 is 4.74 Å². The number of nitrogens with zero attached hydrogens (tertiary/aromatic N) is 1. The molecule has 10 aromatic carbocycles. The van der Waals surface area contributed by atoms with Gasteiger partial charge in [0.1, 0.15) is 11.5 Å². The van der Waals surface area contributed by atoms with Gasteiger partial charge in [-0.3, -0.25) is 0 Å². The number of fused-ring (bicyclic) bond motifs is 18. The Morgan fingerprint density at radius 3 is 1.49 bits per heavy atom. The molecule has 0 radical (unpaired) electrons. The second-order valence-corrected chi connectivity index (χ2v) is 18.5. The molecule has 2 nitrogen and oxygen atoms in total. The highest BCUT2D eigenvalue weighted by Gasteiger charge is 2.53. The van der Waals surface area contributed by atoms with Crippen LogP contribution in [0.15, 0.2) is 246 Å². The minimum atomic E-state index is -0.611. The van der Waals surface area contributed by atoms with E-state index >= 15 is 0 Å². The summed E-state index contributed by atoms with van der Waals surface area (Å²) in [6.07, 6.45) is 0. The van der Waals surface area contributed by atoms with Crippen LogP contribution in [0.25, 0.3) is 33.4 Å². The Balaban J connectivity index is 1.10. The second-order valence-electron chi connectivity index (χ2n) is 17.4. The van der Waals surface area contributed by atoms with Crippen LogP contribution in [0.4, 0.5) is 17.1 Å². The third-order valence-corrected chi connectivity index (χ3v) is 15.6. The van der Waals surface area contributed by atoms with Gasteiger partial charge < -0.3 is 9.64 Å². The van der Waals surface area contributed by atoms with E-state index in [2.05, 4.69) is 241 Å². The predicted octanol–water partition coefficient (Wildman–Crippen LogP) is 16.1. The molecule has 2 aliphatic heterocycles. The number of hydrogen-bond donors (Lipinski definition) is 0. The molecule has 2 heterocycles. The maximum atomic E-state index is 6.75. The average Bonchev–Trinajstić information content (AvgIpc) is 3.83. The van der Waals surface area contributed by atoms with Crippen molar-refractivity contribution in [3.05, 3.63) is 281 Å². The molecule has 10 aromatic rings. The van der Waals surface area contributed by atoms with Crippen LogP contribution < -0.4 is 9.64 Å². The number of benzene rings is 10. The van der Waals surface area contributed by atoms with Crippen LogP contribution in [0.3, 0.4) is 0 Å². The third kappa shape index (κ3) is 4.86. The van der Waals surface area contributed by atoms with E-state index < -0.39 is 10.8 Å². The van der Waals surface area contributed by atoms with E-state index in [9.17, 15) is 0 Å². The fourth-order valence-electron chi connectivity index (χ4n) is 12.0. The lowest BCUT2D eigenvalue weighted by Gasteiger charge is -2.40. The molecular weight excluding hydrogens is 807 g/mol. The van der Waals surface area contributed by atoms with Gasteiger partial charge in [0.25, 0.3) is 0 Å². The van der Waals surface area contributed by atoms with Gasteiger partial charge >= 0.3 is 0 Å². The lowest BCUT2D eigenvalue weighted by Crippen LogP contribution is -2.32. The number of ether oxygens (including phenoxy) is 1. The van der Waals surface area contributed by atoms with Crippen LogP contribution in [0.2, 0.25) is 0 Å². The number of anilines is 3. The third-order valence-electron chi connectivity index (χ3n) is 14.4. The zero-order chi connectivity index (χ0) is 42.7. The van der Waals surface area contributed by atoms with Crippen molar-refractivity contribution >= 4 is 28.8 Å². The Hall–Kier alpha value is -7.85. The standard InChI is InChI=1S/C62H39NOS/c1-2-19-40(20-3-1)42-21-6-13-31-54(42)63(41-37-38-44-43-22-4-7-24-46(43)61(53(44)39-41)48-26-9-14-33-56(48)64-57-34-15-10-27-49(57)61)55-32-18-30-52-60(55)45-23-5-8-25-47(45)62(52)50-28-11-16-35-58(50)65-59-36-17-12-29-51(59)62/h1-39H. The summed E-state index contributed by atoms with van der Waals surface area (Å²) in [7, 11) is 0. The molecule has 0 atom stereocenters. The van der Waals surface area contributed by atoms with Crippen LogP contribution in [-0.4, -0.2) is 0 Å². The van der Waals surface area contributed by atoms with Gasteiger partial charge in [-0.05, 0) is 104 Å². The van der Waals surface area contributed by atoms with E-state index in [0.29, 0.717) is 0 Å². The lowest BCUT2D eigenvalue weighted by atomic mass is 9.66. The summed E-state index contributed by atoms with van der Waals surface area (Å²) < 4.78 is 6.75. The maximum absolute atomic E-state index is 6.75.